The van der Waals surface area contributed by atoms with Gasteiger partial charge in [-0.2, -0.15) is 4.31 Å². The van der Waals surface area contributed by atoms with Crippen LogP contribution in [-0.4, -0.2) is 38.5 Å². The molecule has 0 radical (unpaired) electrons. The number of sulfonamides is 1. The summed E-state index contributed by atoms with van der Waals surface area (Å²) in [5, 5.41) is 2.67. The molecule has 0 spiro atoms. The fraction of sp³-hybridized carbons (Fsp3) is 0.545. The standard InChI is InChI=1S/C11H18N2O4S/c1-8-5-6-10(17-8)9(2)12-11(14)7-13(3)18(4,15)16/h5-6,9H,7H2,1-4H3,(H,12,14)/t9-/m0/s1. The van der Waals surface area contributed by atoms with Gasteiger partial charge in [-0.1, -0.05) is 0 Å². The van der Waals surface area contributed by atoms with Crippen LogP contribution in [-0.2, 0) is 14.8 Å². The predicted molar refractivity (Wildman–Crippen MR) is 67.5 cm³/mol. The largest absolute Gasteiger partial charge is 0.464 e. The molecule has 0 saturated carbocycles. The van der Waals surface area contributed by atoms with Crippen molar-refractivity contribution >= 4 is 15.9 Å². The number of rotatable bonds is 5. The molecule has 0 aliphatic heterocycles. The van der Waals surface area contributed by atoms with Gasteiger partial charge in [-0.25, -0.2) is 8.42 Å². The first-order valence-corrected chi connectivity index (χ1v) is 7.32. The zero-order valence-corrected chi connectivity index (χ0v) is 11.7. The third kappa shape index (κ3) is 4.15. The predicted octanol–water partition coefficient (Wildman–Crippen LogP) is 0.657. The summed E-state index contributed by atoms with van der Waals surface area (Å²) in [4.78, 5) is 11.6. The van der Waals surface area contributed by atoms with Crippen LogP contribution in [0.2, 0.25) is 0 Å². The molecule has 1 aromatic rings. The Balaban J connectivity index is 2.55. The maximum Gasteiger partial charge on any atom is 0.235 e. The van der Waals surface area contributed by atoms with Crippen LogP contribution >= 0.6 is 0 Å². The number of carbonyl (C=O) groups is 1. The minimum absolute atomic E-state index is 0.205. The van der Waals surface area contributed by atoms with Gasteiger partial charge in [0.2, 0.25) is 15.9 Å². The van der Waals surface area contributed by atoms with Crippen molar-refractivity contribution in [2.45, 2.75) is 19.9 Å². The lowest BCUT2D eigenvalue weighted by Gasteiger charge is -2.16. The Bertz CT molecular complexity index is 521. The molecule has 102 valence electrons. The van der Waals surface area contributed by atoms with E-state index in [-0.39, 0.29) is 18.5 Å². The van der Waals surface area contributed by atoms with Gasteiger partial charge in [-0.3, -0.25) is 4.79 Å². The van der Waals surface area contributed by atoms with Gasteiger partial charge in [0.05, 0.1) is 18.8 Å². The molecule has 1 amide bonds. The summed E-state index contributed by atoms with van der Waals surface area (Å²) >= 11 is 0. The Morgan fingerprint density at radius 2 is 2.11 bits per heavy atom. The molecule has 0 aromatic carbocycles. The highest BCUT2D eigenvalue weighted by molar-refractivity contribution is 7.88. The molecule has 0 aliphatic carbocycles. The quantitative estimate of drug-likeness (QED) is 0.855. The van der Waals surface area contributed by atoms with E-state index in [1.165, 1.54) is 7.05 Å². The first-order valence-electron chi connectivity index (χ1n) is 5.47. The third-order valence-electron chi connectivity index (χ3n) is 2.50. The van der Waals surface area contributed by atoms with Crippen LogP contribution in [0, 0.1) is 6.92 Å². The zero-order valence-electron chi connectivity index (χ0n) is 10.9. The number of likely N-dealkylation sites (N-methyl/N-ethyl adjacent to an activating group) is 1. The molecule has 0 aliphatic rings. The van der Waals surface area contributed by atoms with Crippen molar-refractivity contribution in [3.8, 4) is 0 Å². The highest BCUT2D eigenvalue weighted by Gasteiger charge is 2.18. The van der Waals surface area contributed by atoms with E-state index in [1.54, 1.807) is 19.1 Å². The maximum absolute atomic E-state index is 11.6. The minimum Gasteiger partial charge on any atom is -0.464 e. The van der Waals surface area contributed by atoms with Crippen molar-refractivity contribution < 1.29 is 17.6 Å². The lowest BCUT2D eigenvalue weighted by molar-refractivity contribution is -0.121. The number of nitrogens with one attached hydrogen (secondary N) is 1. The second-order valence-corrected chi connectivity index (χ2v) is 6.35. The van der Waals surface area contributed by atoms with Crippen LogP contribution < -0.4 is 5.32 Å². The molecular weight excluding hydrogens is 256 g/mol. The number of carbonyl (C=O) groups excluding carboxylic acids is 1. The average molecular weight is 274 g/mol. The highest BCUT2D eigenvalue weighted by atomic mass is 32.2. The molecule has 1 heterocycles. The van der Waals surface area contributed by atoms with E-state index >= 15 is 0 Å². The van der Waals surface area contributed by atoms with Crippen LogP contribution in [0.3, 0.4) is 0 Å². The summed E-state index contributed by atoms with van der Waals surface area (Å²) in [5.41, 5.74) is 0. The van der Waals surface area contributed by atoms with Gasteiger partial charge in [0, 0.05) is 7.05 Å². The van der Waals surface area contributed by atoms with E-state index in [9.17, 15) is 13.2 Å². The van der Waals surface area contributed by atoms with E-state index in [4.69, 9.17) is 4.42 Å². The SMILES string of the molecule is Cc1ccc([C@H](C)NC(=O)CN(C)S(C)(=O)=O)o1. The summed E-state index contributed by atoms with van der Waals surface area (Å²) < 4.78 is 28.7. The minimum atomic E-state index is -3.35. The smallest absolute Gasteiger partial charge is 0.235 e. The molecule has 0 saturated heterocycles. The molecule has 6 nitrogen and oxygen atoms in total. The Labute approximate surface area is 107 Å². The van der Waals surface area contributed by atoms with Crippen molar-refractivity contribution in [1.82, 2.24) is 9.62 Å². The zero-order chi connectivity index (χ0) is 13.9. The number of furan rings is 1. The maximum atomic E-state index is 11.6. The van der Waals surface area contributed by atoms with Crippen molar-refractivity contribution in [1.29, 1.82) is 0 Å². The topological polar surface area (TPSA) is 79.6 Å². The molecule has 1 rings (SSSR count). The molecule has 1 atom stereocenters. The highest BCUT2D eigenvalue weighted by Crippen LogP contribution is 2.15. The number of aryl methyl sites for hydroxylation is 1. The second-order valence-electron chi connectivity index (χ2n) is 4.26. The Morgan fingerprint density at radius 3 is 2.56 bits per heavy atom. The van der Waals surface area contributed by atoms with Crippen LogP contribution in [0.15, 0.2) is 16.5 Å². The number of hydrogen-bond donors (Lipinski definition) is 1. The van der Waals surface area contributed by atoms with Crippen LogP contribution in [0.1, 0.15) is 24.5 Å². The van der Waals surface area contributed by atoms with E-state index < -0.39 is 10.0 Å². The van der Waals surface area contributed by atoms with Gasteiger partial charge in [-0.15, -0.1) is 0 Å². The Kier molecular flexibility index (Phi) is 4.53. The molecule has 0 unspecified atom stereocenters. The molecule has 18 heavy (non-hydrogen) atoms. The average Bonchev–Trinajstić information content (AvgIpc) is 2.63. The van der Waals surface area contributed by atoms with Gasteiger partial charge in [0.15, 0.2) is 0 Å². The summed E-state index contributed by atoms with van der Waals surface area (Å²) in [6.45, 7) is 3.38. The lowest BCUT2D eigenvalue weighted by Crippen LogP contribution is -2.38. The summed E-state index contributed by atoms with van der Waals surface area (Å²) in [6, 6.07) is 3.29. The third-order valence-corrected chi connectivity index (χ3v) is 3.76. The van der Waals surface area contributed by atoms with Crippen LogP contribution in [0.4, 0.5) is 0 Å². The Hall–Kier alpha value is -1.34. The summed E-state index contributed by atoms with van der Waals surface area (Å²) in [6.07, 6.45) is 1.06. The van der Waals surface area contributed by atoms with Crippen molar-refractivity contribution in [2.24, 2.45) is 0 Å². The Morgan fingerprint density at radius 1 is 1.50 bits per heavy atom. The first kappa shape index (κ1) is 14.7. The molecular formula is C11H18N2O4S. The monoisotopic (exact) mass is 274 g/mol. The van der Waals surface area contributed by atoms with Gasteiger partial charge in [0.1, 0.15) is 11.5 Å². The summed E-state index contributed by atoms with van der Waals surface area (Å²) in [5.74, 6) is 1.03. The van der Waals surface area contributed by atoms with Gasteiger partial charge >= 0.3 is 0 Å². The molecule has 1 aromatic heterocycles. The van der Waals surface area contributed by atoms with Crippen LogP contribution in [0.25, 0.3) is 0 Å². The van der Waals surface area contributed by atoms with Gasteiger partial charge in [0.25, 0.3) is 0 Å². The van der Waals surface area contributed by atoms with Crippen molar-refractivity contribution in [3.05, 3.63) is 23.7 Å². The van der Waals surface area contributed by atoms with Crippen molar-refractivity contribution in [2.75, 3.05) is 19.8 Å². The summed E-state index contributed by atoms with van der Waals surface area (Å²) in [7, 11) is -1.99. The van der Waals surface area contributed by atoms with E-state index in [1.807, 2.05) is 6.92 Å². The molecule has 0 fully saturated rings. The lowest BCUT2D eigenvalue weighted by atomic mass is 10.2. The molecule has 7 heteroatoms. The first-order chi connectivity index (χ1) is 8.20. The van der Waals surface area contributed by atoms with Crippen LogP contribution in [0.5, 0.6) is 0 Å². The van der Waals surface area contributed by atoms with E-state index in [0.29, 0.717) is 5.76 Å². The van der Waals surface area contributed by atoms with Crippen molar-refractivity contribution in [3.63, 3.8) is 0 Å². The molecule has 0 bridgehead atoms. The van der Waals surface area contributed by atoms with E-state index in [2.05, 4.69) is 5.32 Å². The normalized spacial score (nSPS) is 13.6. The second kappa shape index (κ2) is 5.53. The molecule has 1 N–H and O–H groups in total. The number of hydrogen-bond acceptors (Lipinski definition) is 4. The number of amides is 1. The fourth-order valence-electron chi connectivity index (χ4n) is 1.36. The fourth-order valence-corrected chi connectivity index (χ4v) is 1.72. The van der Waals surface area contributed by atoms with E-state index in [0.717, 1.165) is 16.3 Å². The van der Waals surface area contributed by atoms with Gasteiger partial charge < -0.3 is 9.73 Å². The number of nitrogens with zero attached hydrogens (tertiary/aromatic N) is 1. The van der Waals surface area contributed by atoms with Gasteiger partial charge in [-0.05, 0) is 26.0 Å².